The smallest absolute Gasteiger partial charge is 0.225 e. The number of hydrogen-bond donors (Lipinski definition) is 3. The Morgan fingerprint density at radius 1 is 1.64 bits per heavy atom. The summed E-state index contributed by atoms with van der Waals surface area (Å²) in [5.74, 6) is -0.346. The number of nitrogens with one attached hydrogen (secondary N) is 2. The van der Waals surface area contributed by atoms with Crippen LogP contribution in [0.2, 0.25) is 0 Å². The summed E-state index contributed by atoms with van der Waals surface area (Å²) < 4.78 is 0. The Hall–Kier alpha value is -1.36. The predicted octanol–water partition coefficient (Wildman–Crippen LogP) is -1.25. The van der Waals surface area contributed by atoms with Crippen LogP contribution in [0.15, 0.2) is 12.2 Å². The molecule has 0 bridgehead atoms. The zero-order valence-corrected chi connectivity index (χ0v) is 7.95. The molecule has 0 aromatic carbocycles. The maximum atomic E-state index is 11.4. The van der Waals surface area contributed by atoms with Crippen LogP contribution in [0, 0.1) is 5.92 Å². The third kappa shape index (κ3) is 3.18. The van der Waals surface area contributed by atoms with Crippen molar-refractivity contribution in [1.82, 2.24) is 10.6 Å². The normalized spacial score (nSPS) is 21.2. The van der Waals surface area contributed by atoms with Gasteiger partial charge in [0.05, 0.1) is 5.92 Å². The molecule has 1 fully saturated rings. The molecule has 1 rings (SSSR count). The van der Waals surface area contributed by atoms with Crippen molar-refractivity contribution >= 4 is 11.8 Å². The molecular formula is C9H15N3O2. The van der Waals surface area contributed by atoms with Gasteiger partial charge in [-0.1, -0.05) is 12.2 Å². The first-order chi connectivity index (χ1) is 6.74. The molecule has 1 atom stereocenters. The van der Waals surface area contributed by atoms with E-state index in [0.29, 0.717) is 26.1 Å². The first-order valence-electron chi connectivity index (χ1n) is 4.63. The first-order valence-corrected chi connectivity index (χ1v) is 4.63. The summed E-state index contributed by atoms with van der Waals surface area (Å²) in [5.41, 5.74) is 5.23. The van der Waals surface area contributed by atoms with Gasteiger partial charge in [-0.3, -0.25) is 9.59 Å². The summed E-state index contributed by atoms with van der Waals surface area (Å²) in [5, 5.41) is 5.32. The Morgan fingerprint density at radius 3 is 3.00 bits per heavy atom. The van der Waals surface area contributed by atoms with Gasteiger partial charge in [0.1, 0.15) is 0 Å². The molecule has 0 spiro atoms. The van der Waals surface area contributed by atoms with Crippen molar-refractivity contribution in [3.63, 3.8) is 0 Å². The molecule has 1 heterocycles. The van der Waals surface area contributed by atoms with Crippen LogP contribution in [0.3, 0.4) is 0 Å². The zero-order valence-electron chi connectivity index (χ0n) is 7.95. The van der Waals surface area contributed by atoms with Crippen LogP contribution in [-0.4, -0.2) is 31.4 Å². The van der Waals surface area contributed by atoms with Gasteiger partial charge >= 0.3 is 0 Å². The second-order valence-electron chi connectivity index (χ2n) is 3.16. The van der Waals surface area contributed by atoms with Crippen molar-refractivity contribution in [2.75, 3.05) is 19.6 Å². The maximum Gasteiger partial charge on any atom is 0.225 e. The third-order valence-electron chi connectivity index (χ3n) is 2.05. The number of rotatable bonds is 4. The van der Waals surface area contributed by atoms with E-state index in [9.17, 15) is 9.59 Å². The largest absolute Gasteiger partial charge is 0.355 e. The monoisotopic (exact) mass is 197 g/mol. The van der Waals surface area contributed by atoms with E-state index in [1.54, 1.807) is 12.2 Å². The molecule has 0 saturated carbocycles. The quantitative estimate of drug-likeness (QED) is 0.492. The average molecular weight is 197 g/mol. The van der Waals surface area contributed by atoms with Gasteiger partial charge in [-0.2, -0.15) is 0 Å². The van der Waals surface area contributed by atoms with Gasteiger partial charge in [-0.15, -0.1) is 0 Å². The number of carbonyl (C=O) groups excluding carboxylic acids is 2. The van der Waals surface area contributed by atoms with Gasteiger partial charge in [-0.25, -0.2) is 0 Å². The van der Waals surface area contributed by atoms with Crippen LogP contribution in [0.25, 0.3) is 0 Å². The van der Waals surface area contributed by atoms with Crippen molar-refractivity contribution < 1.29 is 9.59 Å². The van der Waals surface area contributed by atoms with Crippen molar-refractivity contribution in [3.05, 3.63) is 12.2 Å². The van der Waals surface area contributed by atoms with Crippen molar-refractivity contribution in [1.29, 1.82) is 0 Å². The Kier molecular flexibility index (Phi) is 4.12. The lowest BCUT2D eigenvalue weighted by Gasteiger charge is -2.06. The molecule has 5 heteroatoms. The third-order valence-corrected chi connectivity index (χ3v) is 2.05. The molecule has 14 heavy (non-hydrogen) atoms. The average Bonchev–Trinajstić information content (AvgIpc) is 2.59. The zero-order chi connectivity index (χ0) is 10.4. The summed E-state index contributed by atoms with van der Waals surface area (Å²) in [4.78, 5) is 22.2. The summed E-state index contributed by atoms with van der Waals surface area (Å²) in [7, 11) is 0. The number of amides is 2. The molecule has 1 aliphatic heterocycles. The summed E-state index contributed by atoms with van der Waals surface area (Å²) >= 11 is 0. The van der Waals surface area contributed by atoms with E-state index in [1.807, 2.05) is 0 Å². The van der Waals surface area contributed by atoms with Crippen LogP contribution in [0.5, 0.6) is 0 Å². The van der Waals surface area contributed by atoms with E-state index in [2.05, 4.69) is 10.6 Å². The highest BCUT2D eigenvalue weighted by atomic mass is 16.2. The maximum absolute atomic E-state index is 11.4. The van der Waals surface area contributed by atoms with E-state index >= 15 is 0 Å². The topological polar surface area (TPSA) is 84.2 Å². The molecular weight excluding hydrogens is 182 g/mol. The lowest BCUT2D eigenvalue weighted by atomic mass is 10.1. The molecule has 0 radical (unpaired) electrons. The molecule has 4 N–H and O–H groups in total. The minimum atomic E-state index is -0.214. The molecule has 0 aliphatic carbocycles. The Bertz CT molecular complexity index is 250. The number of nitrogens with two attached hydrogens (primary N) is 1. The molecule has 0 aromatic rings. The predicted molar refractivity (Wildman–Crippen MR) is 52.3 cm³/mol. The molecule has 2 amide bonds. The SMILES string of the molecule is NC/C=C/CNC(=O)C1CNC(=O)C1. The summed E-state index contributed by atoms with van der Waals surface area (Å²) in [6.45, 7) is 1.39. The minimum absolute atomic E-state index is 0.0531. The molecule has 78 valence electrons. The molecule has 0 aromatic heterocycles. The fraction of sp³-hybridized carbons (Fsp3) is 0.556. The van der Waals surface area contributed by atoms with Crippen LogP contribution in [0.4, 0.5) is 0 Å². The number of carbonyl (C=O) groups is 2. The highest BCUT2D eigenvalue weighted by molar-refractivity contribution is 5.89. The van der Waals surface area contributed by atoms with Crippen LogP contribution in [0.1, 0.15) is 6.42 Å². The minimum Gasteiger partial charge on any atom is -0.355 e. The Labute approximate surface area is 82.7 Å². The fourth-order valence-corrected chi connectivity index (χ4v) is 1.27. The van der Waals surface area contributed by atoms with E-state index in [-0.39, 0.29) is 17.7 Å². The Morgan fingerprint density at radius 2 is 2.43 bits per heavy atom. The van der Waals surface area contributed by atoms with Gasteiger partial charge in [0.15, 0.2) is 0 Å². The van der Waals surface area contributed by atoms with Gasteiger partial charge in [0.2, 0.25) is 11.8 Å². The van der Waals surface area contributed by atoms with Gasteiger partial charge in [0.25, 0.3) is 0 Å². The first kappa shape index (κ1) is 10.7. The van der Waals surface area contributed by atoms with Crippen molar-refractivity contribution in [2.24, 2.45) is 11.7 Å². The van der Waals surface area contributed by atoms with E-state index in [0.717, 1.165) is 0 Å². The highest BCUT2D eigenvalue weighted by Crippen LogP contribution is 2.07. The van der Waals surface area contributed by atoms with E-state index in [4.69, 9.17) is 5.73 Å². The highest BCUT2D eigenvalue weighted by Gasteiger charge is 2.27. The lowest BCUT2D eigenvalue weighted by molar-refractivity contribution is -0.126. The van der Waals surface area contributed by atoms with Crippen LogP contribution >= 0.6 is 0 Å². The Balaban J connectivity index is 2.22. The van der Waals surface area contributed by atoms with Crippen LogP contribution in [-0.2, 0) is 9.59 Å². The van der Waals surface area contributed by atoms with Gasteiger partial charge < -0.3 is 16.4 Å². The van der Waals surface area contributed by atoms with E-state index in [1.165, 1.54) is 0 Å². The molecule has 1 aliphatic rings. The van der Waals surface area contributed by atoms with E-state index < -0.39 is 0 Å². The van der Waals surface area contributed by atoms with Crippen LogP contribution < -0.4 is 16.4 Å². The molecule has 5 nitrogen and oxygen atoms in total. The number of hydrogen-bond acceptors (Lipinski definition) is 3. The van der Waals surface area contributed by atoms with Crippen molar-refractivity contribution in [2.45, 2.75) is 6.42 Å². The molecule has 1 unspecified atom stereocenters. The lowest BCUT2D eigenvalue weighted by Crippen LogP contribution is -2.31. The fourth-order valence-electron chi connectivity index (χ4n) is 1.27. The molecule has 1 saturated heterocycles. The standard InChI is InChI=1S/C9H15N3O2/c10-3-1-2-4-11-9(14)7-5-8(13)12-6-7/h1-2,7H,3-6,10H2,(H,11,14)(H,12,13)/b2-1+. The van der Waals surface area contributed by atoms with Gasteiger partial charge in [-0.05, 0) is 0 Å². The summed E-state index contributed by atoms with van der Waals surface area (Å²) in [6, 6.07) is 0. The second kappa shape index (κ2) is 5.39. The van der Waals surface area contributed by atoms with Gasteiger partial charge in [0, 0.05) is 26.1 Å². The second-order valence-corrected chi connectivity index (χ2v) is 3.16. The summed E-state index contributed by atoms with van der Waals surface area (Å²) in [6.07, 6.45) is 3.87. The van der Waals surface area contributed by atoms with Crippen molar-refractivity contribution in [3.8, 4) is 0 Å².